The average molecular weight is 291 g/mol. The highest BCUT2D eigenvalue weighted by Crippen LogP contribution is 2.24. The fourth-order valence-corrected chi connectivity index (χ4v) is 2.59. The van der Waals surface area contributed by atoms with Crippen molar-refractivity contribution in [3.63, 3.8) is 0 Å². The summed E-state index contributed by atoms with van der Waals surface area (Å²) < 4.78 is 0. The van der Waals surface area contributed by atoms with E-state index < -0.39 is 0 Å². The van der Waals surface area contributed by atoms with Gasteiger partial charge in [-0.3, -0.25) is 4.79 Å². The number of hydrogen-bond donors (Lipinski definition) is 3. The summed E-state index contributed by atoms with van der Waals surface area (Å²) in [5.41, 5.74) is 8.43. The maximum absolute atomic E-state index is 11.5. The minimum Gasteiger partial charge on any atom is -0.395 e. The van der Waals surface area contributed by atoms with Gasteiger partial charge < -0.3 is 16.2 Å². The van der Waals surface area contributed by atoms with Crippen LogP contribution in [0.1, 0.15) is 11.3 Å². The lowest BCUT2D eigenvalue weighted by Gasteiger charge is -2.01. The van der Waals surface area contributed by atoms with E-state index in [0.717, 1.165) is 21.8 Å². The number of benzene rings is 1. The molecule has 4 N–H and O–H groups in total. The second-order valence-corrected chi connectivity index (χ2v) is 5.16. The summed E-state index contributed by atoms with van der Waals surface area (Å²) >= 11 is 1.51. The molecule has 0 unspecified atom stereocenters. The highest BCUT2D eigenvalue weighted by molar-refractivity contribution is 7.13. The summed E-state index contributed by atoms with van der Waals surface area (Å²) in [5, 5.41) is 14.0. The molecule has 0 fully saturated rings. The van der Waals surface area contributed by atoms with E-state index in [9.17, 15) is 4.79 Å². The summed E-state index contributed by atoms with van der Waals surface area (Å²) in [6.45, 7) is 0.712. The van der Waals surface area contributed by atoms with Crippen LogP contribution in [0.25, 0.3) is 10.6 Å². The molecule has 0 saturated carbocycles. The van der Waals surface area contributed by atoms with Gasteiger partial charge in [0.05, 0.1) is 18.7 Å². The molecule has 106 valence electrons. The molecule has 2 aromatic rings. The number of hydrogen-bond acceptors (Lipinski definition) is 5. The van der Waals surface area contributed by atoms with Crippen molar-refractivity contribution in [3.05, 3.63) is 40.9 Å². The van der Waals surface area contributed by atoms with Crippen LogP contribution in [0.4, 0.5) is 0 Å². The van der Waals surface area contributed by atoms with Gasteiger partial charge in [0.1, 0.15) is 5.01 Å². The SMILES string of the molecule is NCc1cccc(-c2nc(CC(=O)NCCO)cs2)c1. The van der Waals surface area contributed by atoms with Gasteiger partial charge in [-0.1, -0.05) is 18.2 Å². The first kappa shape index (κ1) is 14.6. The van der Waals surface area contributed by atoms with Gasteiger partial charge in [-0.25, -0.2) is 4.98 Å². The molecule has 0 bridgehead atoms. The summed E-state index contributed by atoms with van der Waals surface area (Å²) in [6, 6.07) is 7.91. The molecule has 1 aromatic heterocycles. The molecule has 0 aliphatic heterocycles. The van der Waals surface area contributed by atoms with Crippen molar-refractivity contribution in [2.45, 2.75) is 13.0 Å². The third-order valence-corrected chi connectivity index (χ3v) is 3.68. The number of carbonyl (C=O) groups excluding carboxylic acids is 1. The van der Waals surface area contributed by atoms with Crippen molar-refractivity contribution in [2.75, 3.05) is 13.2 Å². The summed E-state index contributed by atoms with van der Waals surface area (Å²) in [6.07, 6.45) is 0.229. The van der Waals surface area contributed by atoms with Crippen molar-refractivity contribution < 1.29 is 9.90 Å². The van der Waals surface area contributed by atoms with Gasteiger partial charge in [0.25, 0.3) is 0 Å². The number of aliphatic hydroxyl groups excluding tert-OH is 1. The quantitative estimate of drug-likeness (QED) is 0.738. The van der Waals surface area contributed by atoms with Gasteiger partial charge >= 0.3 is 0 Å². The average Bonchev–Trinajstić information content (AvgIpc) is 2.93. The Morgan fingerprint density at radius 1 is 1.45 bits per heavy atom. The maximum Gasteiger partial charge on any atom is 0.226 e. The number of nitrogens with two attached hydrogens (primary N) is 1. The van der Waals surface area contributed by atoms with Gasteiger partial charge in [-0.2, -0.15) is 0 Å². The molecule has 1 amide bonds. The predicted molar refractivity (Wildman–Crippen MR) is 79.2 cm³/mol. The van der Waals surface area contributed by atoms with Crippen LogP contribution in [0.3, 0.4) is 0 Å². The first-order valence-electron chi connectivity index (χ1n) is 6.34. The molecule has 0 radical (unpaired) electrons. The van der Waals surface area contributed by atoms with Gasteiger partial charge in [-0.05, 0) is 11.6 Å². The van der Waals surface area contributed by atoms with E-state index in [1.807, 2.05) is 29.6 Å². The summed E-state index contributed by atoms with van der Waals surface area (Å²) in [5.74, 6) is -0.133. The van der Waals surface area contributed by atoms with Crippen LogP contribution in [-0.2, 0) is 17.8 Å². The van der Waals surface area contributed by atoms with E-state index >= 15 is 0 Å². The zero-order chi connectivity index (χ0) is 14.4. The minimum atomic E-state index is -0.133. The number of amides is 1. The summed E-state index contributed by atoms with van der Waals surface area (Å²) in [7, 11) is 0. The number of nitrogens with zero attached hydrogens (tertiary/aromatic N) is 1. The lowest BCUT2D eigenvalue weighted by molar-refractivity contribution is -0.120. The van der Waals surface area contributed by atoms with Crippen LogP contribution in [0.15, 0.2) is 29.6 Å². The lowest BCUT2D eigenvalue weighted by Crippen LogP contribution is -2.27. The van der Waals surface area contributed by atoms with E-state index in [1.165, 1.54) is 11.3 Å². The summed E-state index contributed by atoms with van der Waals surface area (Å²) in [4.78, 5) is 16.0. The Labute approximate surface area is 121 Å². The molecule has 0 atom stereocenters. The monoisotopic (exact) mass is 291 g/mol. The molecule has 0 aliphatic carbocycles. The van der Waals surface area contributed by atoms with Gasteiger partial charge in [-0.15, -0.1) is 11.3 Å². The van der Waals surface area contributed by atoms with E-state index in [-0.39, 0.29) is 25.5 Å². The molecule has 0 saturated heterocycles. The molecule has 5 nitrogen and oxygen atoms in total. The number of rotatable bonds is 6. The molecule has 0 spiro atoms. The number of aliphatic hydroxyl groups is 1. The zero-order valence-electron chi connectivity index (χ0n) is 11.0. The van der Waals surface area contributed by atoms with Crippen LogP contribution < -0.4 is 11.1 Å². The smallest absolute Gasteiger partial charge is 0.226 e. The number of thiazole rings is 1. The molecule has 1 aromatic carbocycles. The van der Waals surface area contributed by atoms with Crippen molar-refractivity contribution in [1.29, 1.82) is 0 Å². The van der Waals surface area contributed by atoms with Gasteiger partial charge in [0.2, 0.25) is 5.91 Å². The van der Waals surface area contributed by atoms with Crippen LogP contribution in [0.5, 0.6) is 0 Å². The zero-order valence-corrected chi connectivity index (χ0v) is 11.8. The molecular formula is C14H17N3O2S. The third-order valence-electron chi connectivity index (χ3n) is 2.74. The second-order valence-electron chi connectivity index (χ2n) is 4.30. The Morgan fingerprint density at radius 3 is 3.05 bits per heavy atom. The Morgan fingerprint density at radius 2 is 2.30 bits per heavy atom. The largest absolute Gasteiger partial charge is 0.395 e. The maximum atomic E-state index is 11.5. The number of aromatic nitrogens is 1. The van der Waals surface area contributed by atoms with Crippen molar-refractivity contribution in [1.82, 2.24) is 10.3 Å². The molecule has 2 rings (SSSR count). The molecule has 0 aliphatic rings. The Kier molecular flexibility index (Phi) is 5.23. The van der Waals surface area contributed by atoms with E-state index in [2.05, 4.69) is 10.3 Å². The van der Waals surface area contributed by atoms with Crippen LogP contribution in [0.2, 0.25) is 0 Å². The highest BCUT2D eigenvalue weighted by Gasteiger charge is 2.09. The molecular weight excluding hydrogens is 274 g/mol. The van der Waals surface area contributed by atoms with Crippen LogP contribution >= 0.6 is 11.3 Å². The van der Waals surface area contributed by atoms with Crippen LogP contribution in [0, 0.1) is 0 Å². The van der Waals surface area contributed by atoms with Crippen molar-refractivity contribution in [2.24, 2.45) is 5.73 Å². The van der Waals surface area contributed by atoms with Crippen LogP contribution in [-0.4, -0.2) is 29.1 Å². The lowest BCUT2D eigenvalue weighted by atomic mass is 10.1. The Balaban J connectivity index is 2.06. The topological polar surface area (TPSA) is 88.2 Å². The fourth-order valence-electron chi connectivity index (χ4n) is 1.77. The van der Waals surface area contributed by atoms with E-state index in [0.29, 0.717) is 6.54 Å². The Bertz CT molecular complexity index is 583. The predicted octanol–water partition coefficient (Wildman–Crippen LogP) is 0.920. The standard InChI is InChI=1S/C14H17N3O2S/c15-8-10-2-1-3-11(6-10)14-17-12(9-20-14)7-13(19)16-4-5-18/h1-3,6,9,18H,4-5,7-8,15H2,(H,16,19). The van der Waals surface area contributed by atoms with Crippen molar-refractivity contribution >= 4 is 17.2 Å². The first-order chi connectivity index (χ1) is 9.72. The molecule has 1 heterocycles. The third kappa shape index (κ3) is 3.86. The normalized spacial score (nSPS) is 10.5. The highest BCUT2D eigenvalue weighted by atomic mass is 32.1. The van der Waals surface area contributed by atoms with E-state index in [4.69, 9.17) is 10.8 Å². The first-order valence-corrected chi connectivity index (χ1v) is 7.22. The van der Waals surface area contributed by atoms with Gasteiger partial charge in [0, 0.05) is 24.0 Å². The Hall–Kier alpha value is -1.76. The van der Waals surface area contributed by atoms with Crippen molar-refractivity contribution in [3.8, 4) is 10.6 Å². The van der Waals surface area contributed by atoms with E-state index in [1.54, 1.807) is 0 Å². The molecule has 6 heteroatoms. The number of nitrogens with one attached hydrogen (secondary N) is 1. The van der Waals surface area contributed by atoms with Gasteiger partial charge in [0.15, 0.2) is 0 Å². The second kappa shape index (κ2) is 7.14. The fraction of sp³-hybridized carbons (Fsp3) is 0.286. The number of carbonyl (C=O) groups is 1. The molecule has 20 heavy (non-hydrogen) atoms. The minimum absolute atomic E-state index is 0.0556.